The molecule has 1 unspecified atom stereocenters. The van der Waals surface area contributed by atoms with Crippen LogP contribution in [0.25, 0.3) is 0 Å². The summed E-state index contributed by atoms with van der Waals surface area (Å²) in [5, 5.41) is 4.50. The number of para-hydroxylation sites is 2. The molecule has 0 saturated carbocycles. The van der Waals surface area contributed by atoms with Crippen LogP contribution in [-0.4, -0.2) is 51.3 Å². The van der Waals surface area contributed by atoms with E-state index in [-0.39, 0.29) is 19.0 Å². The van der Waals surface area contributed by atoms with Crippen LogP contribution in [0.2, 0.25) is 0 Å². The molecule has 0 aromatic heterocycles. The zero-order valence-corrected chi connectivity index (χ0v) is 14.2. The summed E-state index contributed by atoms with van der Waals surface area (Å²) >= 11 is 0. The minimum atomic E-state index is -4.46. The van der Waals surface area contributed by atoms with Crippen molar-refractivity contribution in [2.45, 2.75) is 19.5 Å². The van der Waals surface area contributed by atoms with Crippen LogP contribution in [0.3, 0.4) is 0 Å². The van der Waals surface area contributed by atoms with Gasteiger partial charge in [-0.25, -0.2) is 0 Å². The molecule has 0 aliphatic rings. The lowest BCUT2D eigenvalue weighted by molar-refractivity contribution is -0.883. The number of carbonyl (C=O) groups is 2. The Hall–Kier alpha value is -2.29. The van der Waals surface area contributed by atoms with E-state index in [1.165, 1.54) is 7.11 Å². The third-order valence-electron chi connectivity index (χ3n) is 3.29. The van der Waals surface area contributed by atoms with E-state index < -0.39 is 18.6 Å². The molecule has 1 atom stereocenters. The molecule has 9 heteroatoms. The van der Waals surface area contributed by atoms with Gasteiger partial charge in [-0.2, -0.15) is 13.2 Å². The van der Waals surface area contributed by atoms with Gasteiger partial charge in [-0.15, -0.1) is 0 Å². The van der Waals surface area contributed by atoms with Crippen LogP contribution in [0.1, 0.15) is 13.3 Å². The molecule has 0 saturated heterocycles. The monoisotopic (exact) mass is 362 g/mol. The first kappa shape index (κ1) is 20.8. The first-order chi connectivity index (χ1) is 11.7. The molecule has 0 spiro atoms. The fourth-order valence-electron chi connectivity index (χ4n) is 2.25. The van der Waals surface area contributed by atoms with E-state index in [4.69, 9.17) is 4.74 Å². The number of halogens is 3. The number of hydrogen-bond acceptors (Lipinski definition) is 3. The summed E-state index contributed by atoms with van der Waals surface area (Å²) in [5.41, 5.74) is 0.493. The third kappa shape index (κ3) is 8.39. The lowest BCUT2D eigenvalue weighted by Crippen LogP contribution is -3.14. The Balaban J connectivity index is 2.58. The molecule has 0 radical (unpaired) electrons. The van der Waals surface area contributed by atoms with Gasteiger partial charge in [0.15, 0.2) is 13.1 Å². The summed E-state index contributed by atoms with van der Waals surface area (Å²) in [6.07, 6.45) is -3.77. The Morgan fingerprint density at radius 2 is 1.80 bits per heavy atom. The number of benzene rings is 1. The van der Waals surface area contributed by atoms with Gasteiger partial charge in [0.25, 0.3) is 11.8 Å². The highest BCUT2D eigenvalue weighted by Gasteiger charge is 2.28. The van der Waals surface area contributed by atoms with Gasteiger partial charge in [-0.05, 0) is 18.6 Å². The molecule has 2 amide bonds. The molecule has 0 bridgehead atoms. The molecule has 0 aliphatic carbocycles. The van der Waals surface area contributed by atoms with E-state index >= 15 is 0 Å². The maximum Gasteiger partial charge on any atom is 0.405 e. The second-order valence-electron chi connectivity index (χ2n) is 5.49. The molecular weight excluding hydrogens is 339 g/mol. The summed E-state index contributed by atoms with van der Waals surface area (Å²) in [6, 6.07) is 6.86. The van der Waals surface area contributed by atoms with E-state index in [0.29, 0.717) is 29.3 Å². The number of rotatable bonds is 9. The molecule has 3 N–H and O–H groups in total. The standard InChI is InChI=1S/C16H22F3N3O3/c1-3-8-22(9-14(23)20-11-16(17,18)19)10-15(24)21-12-6-4-5-7-13(12)25-2/h4-7H,3,8-11H2,1-2H3,(H,20,23)(H,21,24)/p+1. The lowest BCUT2D eigenvalue weighted by atomic mass is 10.3. The summed E-state index contributed by atoms with van der Waals surface area (Å²) < 4.78 is 41.5. The van der Waals surface area contributed by atoms with Crippen LogP contribution in [0.5, 0.6) is 5.75 Å². The van der Waals surface area contributed by atoms with Gasteiger partial charge in [0.2, 0.25) is 0 Å². The van der Waals surface area contributed by atoms with Gasteiger partial charge in [0.05, 0.1) is 19.3 Å². The van der Waals surface area contributed by atoms with E-state index in [9.17, 15) is 22.8 Å². The lowest BCUT2D eigenvalue weighted by Gasteiger charge is -2.19. The van der Waals surface area contributed by atoms with Crippen LogP contribution in [0.4, 0.5) is 18.9 Å². The Morgan fingerprint density at radius 1 is 1.16 bits per heavy atom. The van der Waals surface area contributed by atoms with Crippen molar-refractivity contribution in [3.63, 3.8) is 0 Å². The number of anilines is 1. The first-order valence-electron chi connectivity index (χ1n) is 7.85. The van der Waals surface area contributed by atoms with Gasteiger partial charge in [0.1, 0.15) is 12.3 Å². The van der Waals surface area contributed by atoms with Crippen LogP contribution >= 0.6 is 0 Å². The summed E-state index contributed by atoms with van der Waals surface area (Å²) in [5.74, 6) is -0.599. The van der Waals surface area contributed by atoms with Crippen LogP contribution in [0, 0.1) is 0 Å². The second-order valence-corrected chi connectivity index (χ2v) is 5.49. The van der Waals surface area contributed by atoms with Gasteiger partial charge in [0, 0.05) is 0 Å². The van der Waals surface area contributed by atoms with Crippen LogP contribution in [0.15, 0.2) is 24.3 Å². The quantitative estimate of drug-likeness (QED) is 0.603. The highest BCUT2D eigenvalue weighted by atomic mass is 19.4. The molecule has 140 valence electrons. The van der Waals surface area contributed by atoms with Gasteiger partial charge < -0.3 is 20.3 Å². The highest BCUT2D eigenvalue weighted by Crippen LogP contribution is 2.22. The van der Waals surface area contributed by atoms with Crippen molar-refractivity contribution in [2.24, 2.45) is 0 Å². The van der Waals surface area contributed by atoms with E-state index in [1.54, 1.807) is 24.3 Å². The Morgan fingerprint density at radius 3 is 2.40 bits per heavy atom. The first-order valence-corrected chi connectivity index (χ1v) is 7.85. The van der Waals surface area contributed by atoms with Crippen LogP contribution < -0.4 is 20.3 Å². The third-order valence-corrected chi connectivity index (χ3v) is 3.29. The number of methoxy groups -OCH3 is 1. The van der Waals surface area contributed by atoms with Crippen molar-refractivity contribution in [3.8, 4) is 5.75 Å². The molecule has 1 rings (SSSR count). The Labute approximate surface area is 144 Å². The maximum atomic E-state index is 12.2. The number of carbonyl (C=O) groups excluding carboxylic acids is 2. The fourth-order valence-corrected chi connectivity index (χ4v) is 2.25. The molecule has 25 heavy (non-hydrogen) atoms. The molecule has 0 heterocycles. The molecular formula is C16H23F3N3O3+. The van der Waals surface area contributed by atoms with Crippen LogP contribution in [-0.2, 0) is 9.59 Å². The van der Waals surface area contributed by atoms with Gasteiger partial charge >= 0.3 is 6.18 Å². The molecule has 0 fully saturated rings. The topological polar surface area (TPSA) is 71.9 Å². The van der Waals surface area contributed by atoms with Crippen molar-refractivity contribution in [2.75, 3.05) is 38.6 Å². The van der Waals surface area contributed by atoms with Crippen molar-refractivity contribution < 1.29 is 32.4 Å². The Bertz CT molecular complexity index is 579. The predicted octanol–water partition coefficient (Wildman–Crippen LogP) is 0.607. The average molecular weight is 362 g/mol. The number of amides is 2. The zero-order chi connectivity index (χ0) is 18.9. The average Bonchev–Trinajstić information content (AvgIpc) is 2.53. The molecule has 0 aliphatic heterocycles. The minimum Gasteiger partial charge on any atom is -0.495 e. The van der Waals surface area contributed by atoms with Crippen molar-refractivity contribution in [1.82, 2.24) is 5.32 Å². The number of ether oxygens (including phenoxy) is 1. The van der Waals surface area contributed by atoms with E-state index in [0.717, 1.165) is 0 Å². The van der Waals surface area contributed by atoms with Gasteiger partial charge in [-0.3, -0.25) is 9.59 Å². The van der Waals surface area contributed by atoms with Crippen molar-refractivity contribution >= 4 is 17.5 Å². The summed E-state index contributed by atoms with van der Waals surface area (Å²) in [6.45, 7) is 0.734. The SMILES string of the molecule is CCC[NH+](CC(=O)NCC(F)(F)F)CC(=O)Nc1ccccc1OC. The number of quaternary nitrogens is 1. The van der Waals surface area contributed by atoms with Gasteiger partial charge in [-0.1, -0.05) is 19.1 Å². The van der Waals surface area contributed by atoms with E-state index in [2.05, 4.69) is 5.32 Å². The Kier molecular flexibility index (Phi) is 8.20. The molecule has 1 aromatic carbocycles. The minimum absolute atomic E-state index is 0.0364. The predicted molar refractivity (Wildman–Crippen MR) is 86.5 cm³/mol. The zero-order valence-electron chi connectivity index (χ0n) is 14.2. The van der Waals surface area contributed by atoms with Crippen molar-refractivity contribution in [3.05, 3.63) is 24.3 Å². The normalized spacial score (nSPS) is 12.4. The number of alkyl halides is 3. The number of nitrogens with one attached hydrogen (secondary N) is 3. The largest absolute Gasteiger partial charge is 0.495 e. The maximum absolute atomic E-state index is 12.2. The second kappa shape index (κ2) is 9.87. The summed E-state index contributed by atoms with van der Waals surface area (Å²) in [4.78, 5) is 24.4. The highest BCUT2D eigenvalue weighted by molar-refractivity contribution is 5.93. The number of hydrogen-bond donors (Lipinski definition) is 3. The fraction of sp³-hybridized carbons (Fsp3) is 0.500. The smallest absolute Gasteiger partial charge is 0.405 e. The van der Waals surface area contributed by atoms with Crippen molar-refractivity contribution in [1.29, 1.82) is 0 Å². The molecule has 6 nitrogen and oxygen atoms in total. The molecule has 1 aromatic rings. The van der Waals surface area contributed by atoms with E-state index in [1.807, 2.05) is 12.2 Å². The summed E-state index contributed by atoms with van der Waals surface area (Å²) in [7, 11) is 1.48.